The van der Waals surface area contributed by atoms with E-state index < -0.39 is 0 Å². The first-order valence-corrected chi connectivity index (χ1v) is 4.39. The molecule has 0 fully saturated rings. The van der Waals surface area contributed by atoms with Gasteiger partial charge in [-0.15, -0.1) is 0 Å². The van der Waals surface area contributed by atoms with Crippen molar-refractivity contribution in [1.29, 1.82) is 0 Å². The largest absolute Gasteiger partial charge is 0.367 e. The number of nitrogens with zero attached hydrogens (tertiary/aromatic N) is 1. The van der Waals surface area contributed by atoms with Crippen molar-refractivity contribution in [1.82, 2.24) is 5.16 Å². The molecular formula is C11H8N2O. The zero-order valence-electron chi connectivity index (χ0n) is 7.40. The van der Waals surface area contributed by atoms with Crippen molar-refractivity contribution < 1.29 is 4.52 Å². The van der Waals surface area contributed by atoms with E-state index in [0.29, 0.717) is 5.88 Å². The molecule has 0 aliphatic heterocycles. The molecule has 0 radical (unpaired) electrons. The van der Waals surface area contributed by atoms with Gasteiger partial charge in [-0.25, -0.2) is 0 Å². The van der Waals surface area contributed by atoms with Gasteiger partial charge in [0.25, 0.3) is 0 Å². The van der Waals surface area contributed by atoms with Crippen LogP contribution >= 0.6 is 0 Å². The van der Waals surface area contributed by atoms with Crippen LogP contribution in [0, 0.1) is 0 Å². The second-order valence-electron chi connectivity index (χ2n) is 3.23. The Kier molecular flexibility index (Phi) is 1.31. The summed E-state index contributed by atoms with van der Waals surface area (Å²) in [4.78, 5) is 0. The van der Waals surface area contributed by atoms with Crippen LogP contribution in [0.4, 0.5) is 5.88 Å². The highest BCUT2D eigenvalue weighted by Gasteiger charge is 2.07. The predicted molar refractivity (Wildman–Crippen MR) is 55.9 cm³/mol. The van der Waals surface area contributed by atoms with Crippen molar-refractivity contribution in [2.24, 2.45) is 0 Å². The second-order valence-corrected chi connectivity index (χ2v) is 3.23. The Morgan fingerprint density at radius 1 is 1.00 bits per heavy atom. The number of nitrogens with two attached hydrogens (primary N) is 1. The van der Waals surface area contributed by atoms with Crippen LogP contribution in [0.3, 0.4) is 0 Å². The molecule has 3 aromatic rings. The topological polar surface area (TPSA) is 52.0 Å². The van der Waals surface area contributed by atoms with Crippen molar-refractivity contribution in [2.75, 3.05) is 5.73 Å². The van der Waals surface area contributed by atoms with Gasteiger partial charge in [-0.05, 0) is 11.5 Å². The van der Waals surface area contributed by atoms with Gasteiger partial charge in [0.15, 0.2) is 0 Å². The molecule has 2 N–H and O–H groups in total. The monoisotopic (exact) mass is 184 g/mol. The molecule has 0 bridgehead atoms. The van der Waals surface area contributed by atoms with E-state index in [2.05, 4.69) is 5.16 Å². The van der Waals surface area contributed by atoms with Gasteiger partial charge < -0.3 is 10.3 Å². The number of hydrogen-bond acceptors (Lipinski definition) is 3. The SMILES string of the molecule is Nc1onc2c1ccc1ccccc12. The van der Waals surface area contributed by atoms with Gasteiger partial charge >= 0.3 is 0 Å². The quantitative estimate of drug-likeness (QED) is 0.584. The molecule has 0 unspecified atom stereocenters. The standard InChI is InChI=1S/C11H8N2O/c12-11-9-6-5-7-3-1-2-4-8(7)10(9)13-14-11/h1-6H,12H2. The van der Waals surface area contributed by atoms with Gasteiger partial charge in [0, 0.05) is 5.39 Å². The molecule has 0 saturated heterocycles. The normalized spacial score (nSPS) is 11.1. The Balaban J connectivity index is 2.61. The van der Waals surface area contributed by atoms with Crippen molar-refractivity contribution in [3.8, 4) is 0 Å². The molecule has 0 spiro atoms. The number of aromatic nitrogens is 1. The third-order valence-electron chi connectivity index (χ3n) is 2.40. The predicted octanol–water partition coefficient (Wildman–Crippen LogP) is 2.56. The Bertz CT molecular complexity index is 613. The van der Waals surface area contributed by atoms with Crippen molar-refractivity contribution in [3.05, 3.63) is 36.4 Å². The Morgan fingerprint density at radius 2 is 1.86 bits per heavy atom. The second kappa shape index (κ2) is 2.48. The minimum atomic E-state index is 0.380. The highest BCUT2D eigenvalue weighted by atomic mass is 16.5. The van der Waals surface area contributed by atoms with Crippen LogP contribution in [0.25, 0.3) is 21.7 Å². The fraction of sp³-hybridized carbons (Fsp3) is 0. The third-order valence-corrected chi connectivity index (χ3v) is 2.40. The van der Waals surface area contributed by atoms with Crippen molar-refractivity contribution in [3.63, 3.8) is 0 Å². The molecule has 68 valence electrons. The van der Waals surface area contributed by atoms with Gasteiger partial charge in [0.1, 0.15) is 5.52 Å². The van der Waals surface area contributed by atoms with Gasteiger partial charge in [0.05, 0.1) is 5.39 Å². The fourth-order valence-electron chi connectivity index (χ4n) is 1.70. The molecule has 1 aromatic heterocycles. The molecule has 14 heavy (non-hydrogen) atoms. The maximum Gasteiger partial charge on any atom is 0.230 e. The number of anilines is 1. The lowest BCUT2D eigenvalue weighted by molar-refractivity contribution is 0.445. The number of benzene rings is 2. The first-order chi connectivity index (χ1) is 6.86. The molecule has 0 aliphatic carbocycles. The van der Waals surface area contributed by atoms with E-state index in [1.54, 1.807) is 0 Å². The summed E-state index contributed by atoms with van der Waals surface area (Å²) in [7, 11) is 0. The zero-order chi connectivity index (χ0) is 9.54. The Labute approximate surface area is 80.1 Å². The minimum absolute atomic E-state index is 0.380. The van der Waals surface area contributed by atoms with Gasteiger partial charge in [0.2, 0.25) is 5.88 Å². The average molecular weight is 184 g/mol. The highest BCUT2D eigenvalue weighted by molar-refractivity contribution is 6.07. The summed E-state index contributed by atoms with van der Waals surface area (Å²) in [6, 6.07) is 12.0. The molecule has 3 nitrogen and oxygen atoms in total. The average Bonchev–Trinajstić information content (AvgIpc) is 2.61. The summed E-state index contributed by atoms with van der Waals surface area (Å²) in [5, 5.41) is 7.05. The molecule has 0 amide bonds. The van der Waals surface area contributed by atoms with Crippen LogP contribution in [0.1, 0.15) is 0 Å². The molecule has 0 aliphatic rings. The first-order valence-electron chi connectivity index (χ1n) is 4.39. The van der Waals surface area contributed by atoms with Crippen LogP contribution in [0.2, 0.25) is 0 Å². The zero-order valence-corrected chi connectivity index (χ0v) is 7.40. The summed E-state index contributed by atoms with van der Waals surface area (Å²) in [5.74, 6) is 0.380. The maximum atomic E-state index is 5.64. The van der Waals surface area contributed by atoms with E-state index >= 15 is 0 Å². The van der Waals surface area contributed by atoms with Crippen molar-refractivity contribution in [2.45, 2.75) is 0 Å². The molecule has 3 rings (SSSR count). The number of nitrogen functional groups attached to an aromatic ring is 1. The van der Waals surface area contributed by atoms with Crippen LogP contribution < -0.4 is 5.73 Å². The van der Waals surface area contributed by atoms with Crippen LogP contribution in [-0.2, 0) is 0 Å². The summed E-state index contributed by atoms with van der Waals surface area (Å²) < 4.78 is 4.95. The third kappa shape index (κ3) is 0.836. The molecule has 2 aromatic carbocycles. The summed E-state index contributed by atoms with van der Waals surface area (Å²) in [6.45, 7) is 0. The molecular weight excluding hydrogens is 176 g/mol. The van der Waals surface area contributed by atoms with E-state index in [0.717, 1.165) is 21.7 Å². The summed E-state index contributed by atoms with van der Waals surface area (Å²) in [5.41, 5.74) is 6.47. The van der Waals surface area contributed by atoms with E-state index in [9.17, 15) is 0 Å². The van der Waals surface area contributed by atoms with E-state index in [4.69, 9.17) is 10.3 Å². The number of rotatable bonds is 0. The van der Waals surface area contributed by atoms with Gasteiger partial charge in [-0.1, -0.05) is 35.5 Å². The summed E-state index contributed by atoms with van der Waals surface area (Å²) >= 11 is 0. The lowest BCUT2D eigenvalue weighted by Crippen LogP contribution is -1.80. The lowest BCUT2D eigenvalue weighted by Gasteiger charge is -1.95. The van der Waals surface area contributed by atoms with E-state index in [1.165, 1.54) is 0 Å². The summed E-state index contributed by atoms with van der Waals surface area (Å²) in [6.07, 6.45) is 0. The fourth-order valence-corrected chi connectivity index (χ4v) is 1.70. The highest BCUT2D eigenvalue weighted by Crippen LogP contribution is 2.27. The molecule has 3 heteroatoms. The number of hydrogen-bond donors (Lipinski definition) is 1. The van der Waals surface area contributed by atoms with Crippen molar-refractivity contribution >= 4 is 27.6 Å². The Morgan fingerprint density at radius 3 is 2.79 bits per heavy atom. The first kappa shape index (κ1) is 7.38. The van der Waals surface area contributed by atoms with Crippen LogP contribution in [-0.4, -0.2) is 5.16 Å². The maximum absolute atomic E-state index is 5.64. The Hall–Kier alpha value is -2.03. The van der Waals surface area contributed by atoms with E-state index in [1.807, 2.05) is 36.4 Å². The number of fused-ring (bicyclic) bond motifs is 3. The van der Waals surface area contributed by atoms with Gasteiger partial charge in [-0.3, -0.25) is 0 Å². The molecule has 0 saturated carbocycles. The molecule has 0 atom stereocenters. The van der Waals surface area contributed by atoms with E-state index in [-0.39, 0.29) is 0 Å². The lowest BCUT2D eigenvalue weighted by atomic mass is 10.1. The molecule has 1 heterocycles. The van der Waals surface area contributed by atoms with Crippen LogP contribution in [0.15, 0.2) is 40.9 Å². The van der Waals surface area contributed by atoms with Gasteiger partial charge in [-0.2, -0.15) is 0 Å². The van der Waals surface area contributed by atoms with Crippen LogP contribution in [0.5, 0.6) is 0 Å². The minimum Gasteiger partial charge on any atom is -0.367 e. The smallest absolute Gasteiger partial charge is 0.230 e.